The molecule has 5 aromatic rings. The van der Waals surface area contributed by atoms with E-state index in [9.17, 15) is 0 Å². The van der Waals surface area contributed by atoms with Crippen LogP contribution in [0.1, 0.15) is 49.9 Å². The summed E-state index contributed by atoms with van der Waals surface area (Å²) in [5.41, 5.74) is 9.50. The lowest BCUT2D eigenvalue weighted by atomic mass is 9.65. The molecule has 0 radical (unpaired) electrons. The molecule has 0 aromatic heterocycles. The van der Waals surface area contributed by atoms with Gasteiger partial charge < -0.3 is 9.31 Å². The molecule has 1 saturated heterocycles. The number of rotatable bonds is 4. The van der Waals surface area contributed by atoms with Gasteiger partial charge >= 0.3 is 7.12 Å². The van der Waals surface area contributed by atoms with Crippen LogP contribution in [0.2, 0.25) is 0 Å². The molecule has 0 unspecified atom stereocenters. The maximum absolute atomic E-state index is 6.81. The Morgan fingerprint density at radius 1 is 0.475 bits per heavy atom. The summed E-state index contributed by atoms with van der Waals surface area (Å²) in [4.78, 5) is 0. The number of hydrogen-bond acceptors (Lipinski definition) is 2. The summed E-state index contributed by atoms with van der Waals surface area (Å²) in [6.45, 7) is 8.52. The summed E-state index contributed by atoms with van der Waals surface area (Å²) in [5.74, 6) is 0. The second-order valence-corrected chi connectivity index (χ2v) is 11.9. The molecular weight excluding hydrogens is 487 g/mol. The molecule has 0 atom stereocenters. The zero-order chi connectivity index (χ0) is 27.5. The van der Waals surface area contributed by atoms with Crippen molar-refractivity contribution < 1.29 is 9.31 Å². The van der Waals surface area contributed by atoms with Gasteiger partial charge in [-0.25, -0.2) is 0 Å². The van der Waals surface area contributed by atoms with Gasteiger partial charge in [0.2, 0.25) is 0 Å². The third kappa shape index (κ3) is 3.51. The van der Waals surface area contributed by atoms with Crippen LogP contribution < -0.4 is 5.46 Å². The first kappa shape index (κ1) is 25.1. The topological polar surface area (TPSA) is 18.5 Å². The minimum Gasteiger partial charge on any atom is -0.399 e. The zero-order valence-corrected chi connectivity index (χ0v) is 23.5. The third-order valence-electron chi connectivity index (χ3n) is 9.24. The molecule has 0 bridgehead atoms. The van der Waals surface area contributed by atoms with E-state index in [1.165, 1.54) is 33.4 Å². The fraction of sp³-hybridized carbons (Fsp3) is 0.189. The molecule has 0 spiro atoms. The highest BCUT2D eigenvalue weighted by atomic mass is 16.7. The van der Waals surface area contributed by atoms with Gasteiger partial charge in [0.15, 0.2) is 0 Å². The maximum atomic E-state index is 6.81. The smallest absolute Gasteiger partial charge is 0.399 e. The molecule has 1 fully saturated rings. The quantitative estimate of drug-likeness (QED) is 0.219. The Morgan fingerprint density at radius 2 is 0.975 bits per heavy atom. The molecule has 7 rings (SSSR count). The Labute approximate surface area is 237 Å². The monoisotopic (exact) mass is 520 g/mol. The van der Waals surface area contributed by atoms with Gasteiger partial charge in [-0.1, -0.05) is 127 Å². The maximum Gasteiger partial charge on any atom is 0.496 e. The number of hydrogen-bond donors (Lipinski definition) is 0. The van der Waals surface area contributed by atoms with Crippen molar-refractivity contribution in [2.24, 2.45) is 0 Å². The predicted molar refractivity (Wildman–Crippen MR) is 165 cm³/mol. The number of fused-ring (bicyclic) bond motifs is 3. The van der Waals surface area contributed by atoms with Crippen molar-refractivity contribution in [3.8, 4) is 22.3 Å². The summed E-state index contributed by atoms with van der Waals surface area (Å²) >= 11 is 0. The summed E-state index contributed by atoms with van der Waals surface area (Å²) in [7, 11) is -0.509. The van der Waals surface area contributed by atoms with Crippen molar-refractivity contribution in [3.63, 3.8) is 0 Å². The Hall–Kier alpha value is -3.92. The highest BCUT2D eigenvalue weighted by Crippen LogP contribution is 2.56. The molecule has 2 aliphatic rings. The Balaban J connectivity index is 1.62. The van der Waals surface area contributed by atoms with Crippen LogP contribution in [0.4, 0.5) is 0 Å². The lowest BCUT2D eigenvalue weighted by molar-refractivity contribution is 0.00578. The van der Waals surface area contributed by atoms with Crippen LogP contribution in [0.25, 0.3) is 22.3 Å². The summed E-state index contributed by atoms with van der Waals surface area (Å²) in [6, 6.07) is 46.0. The van der Waals surface area contributed by atoms with E-state index in [1.807, 2.05) is 0 Å². The van der Waals surface area contributed by atoms with E-state index in [1.54, 1.807) is 0 Å². The predicted octanol–water partition coefficient (Wildman–Crippen LogP) is 8.02. The molecule has 1 heterocycles. The highest BCUT2D eigenvalue weighted by Gasteiger charge is 2.55. The largest absolute Gasteiger partial charge is 0.496 e. The van der Waals surface area contributed by atoms with Gasteiger partial charge in [-0.3, -0.25) is 0 Å². The van der Waals surface area contributed by atoms with Crippen LogP contribution in [0, 0.1) is 0 Å². The summed E-state index contributed by atoms with van der Waals surface area (Å²) < 4.78 is 13.6. The van der Waals surface area contributed by atoms with Gasteiger partial charge in [-0.15, -0.1) is 0 Å². The molecule has 1 aliphatic carbocycles. The Morgan fingerprint density at radius 3 is 1.55 bits per heavy atom. The van der Waals surface area contributed by atoms with Gasteiger partial charge in [-0.05, 0) is 77.7 Å². The van der Waals surface area contributed by atoms with E-state index in [0.717, 1.165) is 16.6 Å². The van der Waals surface area contributed by atoms with Crippen LogP contribution in [0.3, 0.4) is 0 Å². The van der Waals surface area contributed by atoms with Crippen LogP contribution in [0.15, 0.2) is 127 Å². The fourth-order valence-electron chi connectivity index (χ4n) is 6.64. The minimum absolute atomic E-state index is 0.456. The molecule has 196 valence electrons. The van der Waals surface area contributed by atoms with Gasteiger partial charge in [0.05, 0.1) is 16.6 Å². The zero-order valence-electron chi connectivity index (χ0n) is 23.5. The van der Waals surface area contributed by atoms with E-state index in [4.69, 9.17) is 9.31 Å². The average molecular weight is 520 g/mol. The molecule has 1 aliphatic heterocycles. The van der Waals surface area contributed by atoms with Crippen molar-refractivity contribution in [2.45, 2.75) is 44.3 Å². The van der Waals surface area contributed by atoms with Crippen LogP contribution >= 0.6 is 0 Å². The van der Waals surface area contributed by atoms with Crippen molar-refractivity contribution >= 4 is 12.6 Å². The Kier molecular flexibility index (Phi) is 5.68. The highest BCUT2D eigenvalue weighted by molar-refractivity contribution is 6.66. The van der Waals surface area contributed by atoms with Crippen LogP contribution in [0.5, 0.6) is 0 Å². The molecule has 5 aromatic carbocycles. The molecule has 40 heavy (non-hydrogen) atoms. The van der Waals surface area contributed by atoms with Crippen LogP contribution in [-0.4, -0.2) is 18.3 Å². The number of benzene rings is 5. The lowest BCUT2D eigenvalue weighted by Crippen LogP contribution is -2.41. The summed E-state index contributed by atoms with van der Waals surface area (Å²) in [6.07, 6.45) is 0. The molecule has 0 N–H and O–H groups in total. The first-order chi connectivity index (χ1) is 19.3. The van der Waals surface area contributed by atoms with Gasteiger partial charge in [0, 0.05) is 0 Å². The molecule has 0 saturated carbocycles. The van der Waals surface area contributed by atoms with Gasteiger partial charge in [0.25, 0.3) is 0 Å². The fourth-order valence-corrected chi connectivity index (χ4v) is 6.64. The van der Waals surface area contributed by atoms with E-state index in [-0.39, 0.29) is 0 Å². The van der Waals surface area contributed by atoms with Crippen LogP contribution in [-0.2, 0) is 14.7 Å². The average Bonchev–Trinajstić information content (AvgIpc) is 3.40. The van der Waals surface area contributed by atoms with Crippen molar-refractivity contribution in [1.29, 1.82) is 0 Å². The van der Waals surface area contributed by atoms with E-state index >= 15 is 0 Å². The normalized spacial score (nSPS) is 17.9. The molecular formula is C37H33BO2. The molecule has 3 heteroatoms. The summed E-state index contributed by atoms with van der Waals surface area (Å²) in [5, 5.41) is 0. The minimum atomic E-state index is -0.509. The van der Waals surface area contributed by atoms with E-state index < -0.39 is 23.7 Å². The van der Waals surface area contributed by atoms with Crippen molar-refractivity contribution in [2.75, 3.05) is 0 Å². The van der Waals surface area contributed by atoms with Crippen molar-refractivity contribution in [1.82, 2.24) is 0 Å². The SMILES string of the molecule is CC1(C)OB(c2c(-c3ccccc3)ccc3c2-c2ccccc2C3(c2ccccc2)c2ccccc2)OC1(C)C. The van der Waals surface area contributed by atoms with Gasteiger partial charge in [0.1, 0.15) is 0 Å². The molecule has 0 amide bonds. The lowest BCUT2D eigenvalue weighted by Gasteiger charge is -2.34. The van der Waals surface area contributed by atoms with E-state index in [0.29, 0.717) is 0 Å². The second kappa shape index (κ2) is 9.06. The molecule has 2 nitrogen and oxygen atoms in total. The second-order valence-electron chi connectivity index (χ2n) is 11.9. The third-order valence-corrected chi connectivity index (χ3v) is 9.24. The first-order valence-corrected chi connectivity index (χ1v) is 14.1. The van der Waals surface area contributed by atoms with Crippen molar-refractivity contribution in [3.05, 3.63) is 150 Å². The Bertz CT molecular complexity index is 1640. The van der Waals surface area contributed by atoms with E-state index in [2.05, 4.69) is 155 Å². The van der Waals surface area contributed by atoms with Gasteiger partial charge in [-0.2, -0.15) is 0 Å². The first-order valence-electron chi connectivity index (χ1n) is 14.1. The standard InChI is InChI=1S/C37H33BO2/c1-35(2)36(3,4)40-38(39-35)34-29(26-16-8-5-9-17-26)24-25-32-33(34)30-22-14-15-23-31(30)37(32,27-18-10-6-11-19-27)28-20-12-7-13-21-28/h5-25H,1-4H3.